The predicted octanol–water partition coefficient (Wildman–Crippen LogP) is 5.21. The summed E-state index contributed by atoms with van der Waals surface area (Å²) in [6.07, 6.45) is 0.599. The Morgan fingerprint density at radius 2 is 1.94 bits per heavy atom. The Morgan fingerprint density at radius 3 is 2.52 bits per heavy atom. The number of aliphatic hydroxyl groups is 1. The molecule has 1 aliphatic rings. The number of methoxy groups -OCH3 is 1. The summed E-state index contributed by atoms with van der Waals surface area (Å²) in [5.74, 6) is -0.664. The number of aliphatic hydroxyl groups excluding tert-OH is 1. The third-order valence-corrected chi connectivity index (χ3v) is 6.87. The van der Waals surface area contributed by atoms with Crippen LogP contribution in [0, 0.1) is 6.92 Å². The van der Waals surface area contributed by atoms with Crippen molar-refractivity contribution in [1.82, 2.24) is 4.90 Å². The molecule has 1 amide bonds. The van der Waals surface area contributed by atoms with E-state index in [9.17, 15) is 14.7 Å². The number of thiophene rings is 1. The number of aryl methyl sites for hydroxylation is 1. The number of Topliss-reactive ketones (excluding diaryl/α,β-unsaturated/α-hetero) is 1. The Bertz CT molecular complexity index is 1060. The molecule has 1 saturated heterocycles. The lowest BCUT2D eigenvalue weighted by Gasteiger charge is -2.25. The van der Waals surface area contributed by atoms with E-state index in [1.54, 1.807) is 18.1 Å². The monoisotopic (exact) mass is 471 g/mol. The largest absolute Gasteiger partial charge is 0.507 e. The molecule has 1 N–H and O–H groups in total. The number of amides is 1. The van der Waals surface area contributed by atoms with Crippen LogP contribution in [0.15, 0.2) is 35.2 Å². The second kappa shape index (κ2) is 10.1. The van der Waals surface area contributed by atoms with Crippen molar-refractivity contribution < 1.29 is 24.2 Å². The molecule has 7 heteroatoms. The molecule has 178 valence electrons. The minimum absolute atomic E-state index is 0.131. The highest BCUT2D eigenvalue weighted by Gasteiger charge is 2.46. The van der Waals surface area contributed by atoms with Crippen molar-refractivity contribution in [1.29, 1.82) is 0 Å². The van der Waals surface area contributed by atoms with Gasteiger partial charge in [-0.05, 0) is 60.9 Å². The lowest BCUT2D eigenvalue weighted by Crippen LogP contribution is -2.31. The summed E-state index contributed by atoms with van der Waals surface area (Å²) >= 11 is 1.48. The number of hydrogen-bond donors (Lipinski definition) is 1. The van der Waals surface area contributed by atoms with Crippen LogP contribution in [0.3, 0.4) is 0 Å². The highest BCUT2D eigenvalue weighted by Crippen LogP contribution is 2.43. The van der Waals surface area contributed by atoms with Gasteiger partial charge in [0, 0.05) is 36.3 Å². The molecule has 0 saturated carbocycles. The maximum absolute atomic E-state index is 13.2. The summed E-state index contributed by atoms with van der Waals surface area (Å²) < 4.78 is 10.9. The Kier molecular flexibility index (Phi) is 7.65. The number of likely N-dealkylation sites (tertiary alicyclic amines) is 1. The standard InChI is InChI=1S/C26H33NO5S/c1-7-32-19-10-9-17(15-18(19)26(3,4)5)22(28)20-21(24-16(2)11-14-33-24)27(12-8-13-31-6)25(30)23(20)29/h9-11,14-15,21,28H,7-8,12-13H2,1-6H3/b22-20-. The van der Waals surface area contributed by atoms with Gasteiger partial charge in [0.15, 0.2) is 0 Å². The summed E-state index contributed by atoms with van der Waals surface area (Å²) in [7, 11) is 1.60. The highest BCUT2D eigenvalue weighted by molar-refractivity contribution is 7.10. The summed E-state index contributed by atoms with van der Waals surface area (Å²) in [4.78, 5) is 28.6. The van der Waals surface area contributed by atoms with E-state index in [1.807, 2.05) is 37.4 Å². The fraction of sp³-hybridized carbons (Fsp3) is 0.462. The molecule has 0 spiro atoms. The third kappa shape index (κ3) is 4.99. The quantitative estimate of drug-likeness (QED) is 0.248. The zero-order valence-electron chi connectivity index (χ0n) is 20.2. The number of rotatable bonds is 8. The van der Waals surface area contributed by atoms with Crippen LogP contribution in [-0.4, -0.2) is 48.6 Å². The van der Waals surface area contributed by atoms with Gasteiger partial charge in [0.2, 0.25) is 0 Å². The maximum atomic E-state index is 13.2. The predicted molar refractivity (Wildman–Crippen MR) is 131 cm³/mol. The first-order valence-electron chi connectivity index (χ1n) is 11.2. The summed E-state index contributed by atoms with van der Waals surface area (Å²) in [6, 6.07) is 6.76. The first-order valence-corrected chi connectivity index (χ1v) is 12.1. The first-order chi connectivity index (χ1) is 15.6. The normalized spacial score (nSPS) is 18.2. The number of ketones is 1. The van der Waals surface area contributed by atoms with E-state index in [0.717, 1.165) is 21.8 Å². The van der Waals surface area contributed by atoms with Crippen LogP contribution in [0.2, 0.25) is 0 Å². The molecular formula is C26H33NO5S. The van der Waals surface area contributed by atoms with Crippen molar-refractivity contribution in [3.63, 3.8) is 0 Å². The second-order valence-corrected chi connectivity index (χ2v) is 10.1. The van der Waals surface area contributed by atoms with Gasteiger partial charge in [0.1, 0.15) is 11.5 Å². The van der Waals surface area contributed by atoms with Crippen LogP contribution >= 0.6 is 11.3 Å². The zero-order chi connectivity index (χ0) is 24.3. The molecule has 3 rings (SSSR count). The van der Waals surface area contributed by atoms with Gasteiger partial charge in [-0.25, -0.2) is 0 Å². The van der Waals surface area contributed by atoms with E-state index < -0.39 is 17.7 Å². The van der Waals surface area contributed by atoms with E-state index in [4.69, 9.17) is 9.47 Å². The molecule has 0 radical (unpaired) electrons. The molecule has 0 aliphatic carbocycles. The zero-order valence-corrected chi connectivity index (χ0v) is 21.0. The van der Waals surface area contributed by atoms with Gasteiger partial charge in [-0.3, -0.25) is 9.59 Å². The highest BCUT2D eigenvalue weighted by atomic mass is 32.1. The van der Waals surface area contributed by atoms with Crippen LogP contribution in [0.25, 0.3) is 5.76 Å². The Morgan fingerprint density at radius 1 is 1.21 bits per heavy atom. The van der Waals surface area contributed by atoms with E-state index in [-0.39, 0.29) is 16.7 Å². The minimum Gasteiger partial charge on any atom is -0.507 e. The molecular weight excluding hydrogens is 438 g/mol. The number of carbonyl (C=O) groups excluding carboxylic acids is 2. The lowest BCUT2D eigenvalue weighted by atomic mass is 9.84. The van der Waals surface area contributed by atoms with E-state index in [0.29, 0.717) is 31.7 Å². The topological polar surface area (TPSA) is 76.1 Å². The third-order valence-electron chi connectivity index (χ3n) is 5.80. The Balaban J connectivity index is 2.16. The van der Waals surface area contributed by atoms with Crippen molar-refractivity contribution >= 4 is 28.8 Å². The fourth-order valence-corrected chi connectivity index (χ4v) is 5.17. The fourth-order valence-electron chi connectivity index (χ4n) is 4.13. The maximum Gasteiger partial charge on any atom is 0.295 e. The Hall–Kier alpha value is -2.64. The van der Waals surface area contributed by atoms with Crippen LogP contribution in [-0.2, 0) is 19.7 Å². The van der Waals surface area contributed by atoms with E-state index in [1.165, 1.54) is 11.3 Å². The number of nitrogens with zero attached hydrogens (tertiary/aromatic N) is 1. The van der Waals surface area contributed by atoms with Gasteiger partial charge in [-0.1, -0.05) is 20.8 Å². The molecule has 1 aliphatic heterocycles. The molecule has 1 aromatic carbocycles. The Labute approximate surface area is 199 Å². The second-order valence-electron chi connectivity index (χ2n) is 9.20. The van der Waals surface area contributed by atoms with Crippen molar-refractivity contribution in [2.24, 2.45) is 0 Å². The average Bonchev–Trinajstić information content (AvgIpc) is 3.29. The molecule has 33 heavy (non-hydrogen) atoms. The van der Waals surface area contributed by atoms with E-state index >= 15 is 0 Å². The van der Waals surface area contributed by atoms with Crippen LogP contribution in [0.4, 0.5) is 0 Å². The van der Waals surface area contributed by atoms with Crippen LogP contribution in [0.1, 0.15) is 61.7 Å². The van der Waals surface area contributed by atoms with E-state index in [2.05, 4.69) is 20.8 Å². The molecule has 6 nitrogen and oxygen atoms in total. The molecule has 2 aromatic rings. The van der Waals surface area contributed by atoms with Gasteiger partial charge in [-0.2, -0.15) is 0 Å². The van der Waals surface area contributed by atoms with Gasteiger partial charge in [0.05, 0.1) is 18.2 Å². The van der Waals surface area contributed by atoms with Crippen LogP contribution in [0.5, 0.6) is 5.75 Å². The van der Waals surface area contributed by atoms with Gasteiger partial charge < -0.3 is 19.5 Å². The smallest absolute Gasteiger partial charge is 0.295 e. The SMILES string of the molecule is CCOc1ccc(/C(O)=C2/C(=O)C(=O)N(CCCOC)C2c2sccc2C)cc1C(C)(C)C. The van der Waals surface area contributed by atoms with Gasteiger partial charge >= 0.3 is 0 Å². The van der Waals surface area contributed by atoms with Crippen molar-refractivity contribution in [2.45, 2.75) is 52.5 Å². The summed E-state index contributed by atoms with van der Waals surface area (Å²) in [5.41, 5.74) is 2.30. The molecule has 1 fully saturated rings. The van der Waals surface area contributed by atoms with Gasteiger partial charge in [0.25, 0.3) is 11.7 Å². The molecule has 1 aromatic heterocycles. The molecule has 0 bridgehead atoms. The summed E-state index contributed by atoms with van der Waals surface area (Å²) in [6.45, 7) is 11.5. The number of carbonyl (C=O) groups is 2. The number of ether oxygens (including phenoxy) is 2. The number of benzene rings is 1. The average molecular weight is 472 g/mol. The van der Waals surface area contributed by atoms with Crippen molar-refractivity contribution in [3.8, 4) is 5.75 Å². The minimum atomic E-state index is -0.658. The van der Waals surface area contributed by atoms with Crippen LogP contribution < -0.4 is 4.74 Å². The van der Waals surface area contributed by atoms with Gasteiger partial charge in [-0.15, -0.1) is 11.3 Å². The van der Waals surface area contributed by atoms with Crippen molar-refractivity contribution in [2.75, 3.05) is 26.9 Å². The lowest BCUT2D eigenvalue weighted by molar-refractivity contribution is -0.140. The van der Waals surface area contributed by atoms with Crippen molar-refractivity contribution in [3.05, 3.63) is 56.8 Å². The molecule has 1 atom stereocenters. The molecule has 2 heterocycles. The summed E-state index contributed by atoms with van der Waals surface area (Å²) in [5, 5.41) is 13.3. The molecule has 1 unspecified atom stereocenters. The number of hydrogen-bond acceptors (Lipinski definition) is 6. The first kappa shape index (κ1) is 25.0.